The molecule has 0 saturated carbocycles. The summed E-state index contributed by atoms with van der Waals surface area (Å²) in [7, 11) is 1.97. The molecule has 0 radical (unpaired) electrons. The van der Waals surface area contributed by atoms with Crippen molar-refractivity contribution in [3.8, 4) is 0 Å². The highest BCUT2D eigenvalue weighted by Crippen LogP contribution is 2.06. The van der Waals surface area contributed by atoms with Crippen LogP contribution in [0, 0.1) is 5.82 Å². The lowest BCUT2D eigenvalue weighted by Crippen LogP contribution is -2.14. The molecule has 0 aliphatic heterocycles. The molecule has 0 atom stereocenters. The van der Waals surface area contributed by atoms with Crippen molar-refractivity contribution < 1.29 is 4.39 Å². The zero-order valence-electron chi connectivity index (χ0n) is 6.93. The van der Waals surface area contributed by atoms with Gasteiger partial charge in [0, 0.05) is 6.54 Å². The van der Waals surface area contributed by atoms with Crippen LogP contribution in [0.1, 0.15) is 5.56 Å². The quantitative estimate of drug-likeness (QED) is 0.572. The highest BCUT2D eigenvalue weighted by molar-refractivity contribution is 9.09. The molecule has 0 amide bonds. The van der Waals surface area contributed by atoms with E-state index >= 15 is 0 Å². The van der Waals surface area contributed by atoms with Crippen molar-refractivity contribution in [2.45, 2.75) is 6.54 Å². The topological polar surface area (TPSA) is 3.24 Å². The maximum Gasteiger partial charge on any atom is 0.123 e. The molecule has 0 aliphatic carbocycles. The van der Waals surface area contributed by atoms with E-state index in [1.165, 1.54) is 6.07 Å². The van der Waals surface area contributed by atoms with Gasteiger partial charge in [-0.25, -0.2) is 4.39 Å². The van der Waals surface area contributed by atoms with Crippen LogP contribution in [0.4, 0.5) is 4.39 Å². The van der Waals surface area contributed by atoms with Crippen LogP contribution < -0.4 is 0 Å². The van der Waals surface area contributed by atoms with Crippen LogP contribution in [-0.4, -0.2) is 17.4 Å². The standard InChI is InChI=1S/C9H11BrFN/c1-12(7-10)6-8-3-2-4-9(11)5-8/h2-5H,6-7H2,1H3. The average Bonchev–Trinajstić information content (AvgIpc) is 2.04. The lowest BCUT2D eigenvalue weighted by Gasteiger charge is -2.12. The van der Waals surface area contributed by atoms with Gasteiger partial charge in [0.05, 0.1) is 5.45 Å². The van der Waals surface area contributed by atoms with Crippen molar-refractivity contribution in [1.29, 1.82) is 0 Å². The van der Waals surface area contributed by atoms with Gasteiger partial charge in [-0.05, 0) is 24.7 Å². The summed E-state index contributed by atoms with van der Waals surface area (Å²) in [5.41, 5.74) is 1.79. The Morgan fingerprint density at radius 3 is 2.83 bits per heavy atom. The lowest BCUT2D eigenvalue weighted by atomic mass is 10.2. The van der Waals surface area contributed by atoms with Crippen molar-refractivity contribution in [1.82, 2.24) is 4.90 Å². The third-order valence-corrected chi connectivity index (χ3v) is 2.40. The molecule has 0 N–H and O–H groups in total. The minimum Gasteiger partial charge on any atom is -0.292 e. The van der Waals surface area contributed by atoms with Gasteiger partial charge in [0.2, 0.25) is 0 Å². The van der Waals surface area contributed by atoms with E-state index in [0.717, 1.165) is 17.6 Å². The fourth-order valence-electron chi connectivity index (χ4n) is 0.989. The highest BCUT2D eigenvalue weighted by Gasteiger charge is 1.98. The summed E-state index contributed by atoms with van der Waals surface area (Å²) in [6.45, 7) is 0.767. The van der Waals surface area contributed by atoms with E-state index in [1.807, 2.05) is 13.1 Å². The zero-order chi connectivity index (χ0) is 8.97. The van der Waals surface area contributed by atoms with Gasteiger partial charge in [-0.3, -0.25) is 4.90 Å². The molecule has 0 spiro atoms. The van der Waals surface area contributed by atoms with E-state index in [1.54, 1.807) is 12.1 Å². The van der Waals surface area contributed by atoms with Crippen molar-refractivity contribution >= 4 is 15.9 Å². The van der Waals surface area contributed by atoms with Crippen molar-refractivity contribution in [3.63, 3.8) is 0 Å². The normalized spacial score (nSPS) is 10.7. The summed E-state index contributed by atoms with van der Waals surface area (Å²) >= 11 is 3.32. The van der Waals surface area contributed by atoms with E-state index in [0.29, 0.717) is 0 Å². The lowest BCUT2D eigenvalue weighted by molar-refractivity contribution is 0.389. The van der Waals surface area contributed by atoms with E-state index in [4.69, 9.17) is 0 Å². The Kier molecular flexibility index (Phi) is 3.69. The summed E-state index contributed by atoms with van der Waals surface area (Å²) in [6.07, 6.45) is 0. The van der Waals surface area contributed by atoms with E-state index in [-0.39, 0.29) is 5.82 Å². The maximum atomic E-state index is 12.7. The monoisotopic (exact) mass is 231 g/mol. The van der Waals surface area contributed by atoms with Crippen LogP contribution in [0.5, 0.6) is 0 Å². The van der Waals surface area contributed by atoms with Gasteiger partial charge in [-0.15, -0.1) is 0 Å². The molecule has 0 aromatic heterocycles. The number of halogens is 2. The average molecular weight is 232 g/mol. The Morgan fingerprint density at radius 2 is 2.25 bits per heavy atom. The number of hydrogen-bond acceptors (Lipinski definition) is 1. The fraction of sp³-hybridized carbons (Fsp3) is 0.333. The second-order valence-corrected chi connectivity index (χ2v) is 3.27. The van der Waals surface area contributed by atoms with E-state index in [9.17, 15) is 4.39 Å². The molecule has 0 aliphatic rings. The highest BCUT2D eigenvalue weighted by atomic mass is 79.9. The number of hydrogen-bond donors (Lipinski definition) is 0. The Labute approximate surface area is 80.3 Å². The van der Waals surface area contributed by atoms with Crippen molar-refractivity contribution in [3.05, 3.63) is 35.6 Å². The Bertz CT molecular complexity index is 252. The zero-order valence-corrected chi connectivity index (χ0v) is 8.51. The fourth-order valence-corrected chi connectivity index (χ4v) is 1.17. The first kappa shape index (κ1) is 9.68. The molecule has 1 aromatic carbocycles. The maximum absolute atomic E-state index is 12.7. The smallest absolute Gasteiger partial charge is 0.123 e. The largest absolute Gasteiger partial charge is 0.292 e. The molecule has 0 heterocycles. The first-order valence-corrected chi connectivity index (χ1v) is 4.83. The second-order valence-electron chi connectivity index (χ2n) is 2.76. The van der Waals surface area contributed by atoms with Gasteiger partial charge in [-0.1, -0.05) is 28.1 Å². The van der Waals surface area contributed by atoms with Gasteiger partial charge in [0.1, 0.15) is 5.82 Å². The van der Waals surface area contributed by atoms with Gasteiger partial charge >= 0.3 is 0 Å². The Balaban J connectivity index is 2.63. The molecule has 1 aromatic rings. The molecular weight excluding hydrogens is 221 g/mol. The summed E-state index contributed by atoms with van der Waals surface area (Å²) in [6, 6.07) is 6.66. The van der Waals surface area contributed by atoms with Crippen LogP contribution in [0.3, 0.4) is 0 Å². The second kappa shape index (κ2) is 4.58. The predicted octanol–water partition coefficient (Wildman–Crippen LogP) is 2.61. The molecule has 1 rings (SSSR count). The van der Waals surface area contributed by atoms with Crippen LogP contribution >= 0.6 is 15.9 Å². The third-order valence-electron chi connectivity index (χ3n) is 1.55. The van der Waals surface area contributed by atoms with Crippen molar-refractivity contribution in [2.24, 2.45) is 0 Å². The van der Waals surface area contributed by atoms with Gasteiger partial charge in [0.25, 0.3) is 0 Å². The number of rotatable bonds is 3. The molecule has 0 fully saturated rings. The van der Waals surface area contributed by atoms with Crippen LogP contribution in [-0.2, 0) is 6.54 Å². The van der Waals surface area contributed by atoms with E-state index in [2.05, 4.69) is 20.8 Å². The van der Waals surface area contributed by atoms with Gasteiger partial charge in [-0.2, -0.15) is 0 Å². The molecule has 0 unspecified atom stereocenters. The summed E-state index contributed by atoms with van der Waals surface area (Å²) in [4.78, 5) is 2.05. The van der Waals surface area contributed by atoms with Crippen LogP contribution in [0.15, 0.2) is 24.3 Å². The molecule has 66 valence electrons. The summed E-state index contributed by atoms with van der Waals surface area (Å²) in [5.74, 6) is -0.171. The summed E-state index contributed by atoms with van der Waals surface area (Å²) < 4.78 is 12.7. The minimum atomic E-state index is -0.171. The first-order valence-electron chi connectivity index (χ1n) is 3.71. The van der Waals surface area contributed by atoms with Gasteiger partial charge < -0.3 is 0 Å². The minimum absolute atomic E-state index is 0.171. The SMILES string of the molecule is CN(CBr)Cc1cccc(F)c1. The molecular formula is C9H11BrFN. The van der Waals surface area contributed by atoms with E-state index < -0.39 is 0 Å². The van der Waals surface area contributed by atoms with Gasteiger partial charge in [0.15, 0.2) is 0 Å². The molecule has 0 saturated heterocycles. The predicted molar refractivity (Wildman–Crippen MR) is 51.7 cm³/mol. The number of benzene rings is 1. The summed E-state index contributed by atoms with van der Waals surface area (Å²) in [5, 5.41) is 0. The molecule has 12 heavy (non-hydrogen) atoms. The number of nitrogens with zero attached hydrogens (tertiary/aromatic N) is 1. The van der Waals surface area contributed by atoms with Crippen LogP contribution in [0.2, 0.25) is 0 Å². The van der Waals surface area contributed by atoms with Crippen LogP contribution in [0.25, 0.3) is 0 Å². The first-order chi connectivity index (χ1) is 5.72. The third kappa shape index (κ3) is 2.91. The molecule has 1 nitrogen and oxygen atoms in total. The molecule has 3 heteroatoms. The number of alkyl halides is 1. The Hall–Kier alpha value is -0.410. The Morgan fingerprint density at radius 1 is 1.50 bits per heavy atom. The molecule has 0 bridgehead atoms. The van der Waals surface area contributed by atoms with Crippen molar-refractivity contribution in [2.75, 3.05) is 12.5 Å².